The van der Waals surface area contributed by atoms with Crippen LogP contribution in [0.1, 0.15) is 34.7 Å². The van der Waals surface area contributed by atoms with Crippen LogP contribution in [-0.4, -0.2) is 0 Å². The Balaban J connectivity index is 1.68. The maximum Gasteiger partial charge on any atom is 0.120 e. The zero-order chi connectivity index (χ0) is 13.9. The Kier molecular flexibility index (Phi) is 3.41. The second-order valence-corrected chi connectivity index (χ2v) is 5.10. The molecule has 0 spiro atoms. The van der Waals surface area contributed by atoms with Crippen molar-refractivity contribution in [2.24, 2.45) is 5.73 Å². The fourth-order valence-electron chi connectivity index (χ4n) is 2.56. The fourth-order valence-corrected chi connectivity index (χ4v) is 2.56. The number of benzene rings is 2. The van der Waals surface area contributed by atoms with Crippen molar-refractivity contribution in [2.75, 3.05) is 0 Å². The molecule has 20 heavy (non-hydrogen) atoms. The second kappa shape index (κ2) is 5.36. The van der Waals surface area contributed by atoms with Gasteiger partial charge in [-0.1, -0.05) is 18.2 Å². The first-order valence-electron chi connectivity index (χ1n) is 6.76. The molecular weight excluding hydrogens is 248 g/mol. The largest absolute Gasteiger partial charge is 0.489 e. The van der Waals surface area contributed by atoms with Crippen molar-refractivity contribution in [3.63, 3.8) is 0 Å². The van der Waals surface area contributed by atoms with E-state index >= 15 is 0 Å². The topological polar surface area (TPSA) is 59.0 Å². The molecule has 2 N–H and O–H groups in total. The van der Waals surface area contributed by atoms with Crippen LogP contribution in [0, 0.1) is 11.3 Å². The van der Waals surface area contributed by atoms with Gasteiger partial charge in [0.2, 0.25) is 0 Å². The van der Waals surface area contributed by atoms with E-state index in [9.17, 15) is 0 Å². The Hall–Kier alpha value is -2.31. The predicted octanol–water partition coefficient (Wildman–Crippen LogP) is 3.08. The summed E-state index contributed by atoms with van der Waals surface area (Å²) in [5.41, 5.74) is 10.3. The maximum atomic E-state index is 8.76. The molecule has 1 aliphatic rings. The van der Waals surface area contributed by atoms with Gasteiger partial charge in [-0.3, -0.25) is 0 Å². The summed E-state index contributed by atoms with van der Waals surface area (Å²) in [5.74, 6) is 0.877. The molecule has 0 unspecified atom stereocenters. The predicted molar refractivity (Wildman–Crippen MR) is 77.2 cm³/mol. The van der Waals surface area contributed by atoms with Gasteiger partial charge in [0.1, 0.15) is 12.4 Å². The summed E-state index contributed by atoms with van der Waals surface area (Å²) in [4.78, 5) is 0. The summed E-state index contributed by atoms with van der Waals surface area (Å²) in [7, 11) is 0. The molecule has 3 rings (SSSR count). The smallest absolute Gasteiger partial charge is 0.120 e. The molecule has 2 aromatic carbocycles. The summed E-state index contributed by atoms with van der Waals surface area (Å²) < 4.78 is 5.80. The van der Waals surface area contributed by atoms with Gasteiger partial charge in [0.15, 0.2) is 0 Å². The van der Waals surface area contributed by atoms with Crippen LogP contribution >= 0.6 is 0 Å². The van der Waals surface area contributed by atoms with Gasteiger partial charge in [0.25, 0.3) is 0 Å². The Morgan fingerprint density at radius 3 is 2.75 bits per heavy atom. The molecule has 0 saturated heterocycles. The Morgan fingerprint density at radius 1 is 1.20 bits per heavy atom. The highest BCUT2D eigenvalue weighted by Crippen LogP contribution is 2.32. The van der Waals surface area contributed by atoms with Crippen molar-refractivity contribution in [1.82, 2.24) is 0 Å². The van der Waals surface area contributed by atoms with Gasteiger partial charge >= 0.3 is 0 Å². The molecule has 0 heterocycles. The molecule has 0 saturated carbocycles. The van der Waals surface area contributed by atoms with Crippen molar-refractivity contribution < 1.29 is 4.74 Å². The highest BCUT2D eigenvalue weighted by Gasteiger charge is 2.18. The Morgan fingerprint density at radius 2 is 2.00 bits per heavy atom. The molecule has 0 amide bonds. The molecule has 0 radical (unpaired) electrons. The van der Waals surface area contributed by atoms with E-state index < -0.39 is 0 Å². The normalized spacial score (nSPS) is 16.5. The monoisotopic (exact) mass is 264 g/mol. The first-order chi connectivity index (χ1) is 9.76. The van der Waals surface area contributed by atoms with E-state index in [1.54, 1.807) is 12.1 Å². The molecule has 0 bridgehead atoms. The molecule has 2 aromatic rings. The number of nitriles is 1. The van der Waals surface area contributed by atoms with Gasteiger partial charge in [-0.15, -0.1) is 0 Å². The average Bonchev–Trinajstić information content (AvgIpc) is 2.87. The zero-order valence-electron chi connectivity index (χ0n) is 11.2. The third-order valence-corrected chi connectivity index (χ3v) is 3.73. The van der Waals surface area contributed by atoms with Crippen LogP contribution in [0.4, 0.5) is 0 Å². The van der Waals surface area contributed by atoms with Crippen molar-refractivity contribution in [3.05, 3.63) is 64.7 Å². The molecule has 1 aliphatic carbocycles. The number of nitrogens with two attached hydrogens (primary N) is 1. The molecule has 3 heteroatoms. The molecule has 0 aliphatic heterocycles. The number of fused-ring (bicyclic) bond motifs is 1. The Labute approximate surface area is 118 Å². The molecule has 1 atom stereocenters. The van der Waals surface area contributed by atoms with Gasteiger partial charge in [0.05, 0.1) is 11.6 Å². The lowest BCUT2D eigenvalue weighted by Gasteiger charge is -2.09. The minimum Gasteiger partial charge on any atom is -0.489 e. The first-order valence-corrected chi connectivity index (χ1v) is 6.76. The molecule has 0 aromatic heterocycles. The van der Waals surface area contributed by atoms with E-state index in [4.69, 9.17) is 15.7 Å². The number of nitrogens with zero attached hydrogens (tertiary/aromatic N) is 1. The lowest BCUT2D eigenvalue weighted by atomic mass is 10.1. The molecule has 0 fully saturated rings. The van der Waals surface area contributed by atoms with E-state index in [0.717, 1.165) is 24.2 Å². The second-order valence-electron chi connectivity index (χ2n) is 5.10. The lowest BCUT2D eigenvalue weighted by Crippen LogP contribution is -2.05. The van der Waals surface area contributed by atoms with Gasteiger partial charge in [0, 0.05) is 6.04 Å². The molecule has 3 nitrogen and oxygen atoms in total. The van der Waals surface area contributed by atoms with E-state index in [1.807, 2.05) is 18.2 Å². The van der Waals surface area contributed by atoms with Crippen LogP contribution in [0.15, 0.2) is 42.5 Å². The van der Waals surface area contributed by atoms with Gasteiger partial charge < -0.3 is 10.5 Å². The third-order valence-electron chi connectivity index (χ3n) is 3.73. The van der Waals surface area contributed by atoms with Crippen molar-refractivity contribution in [1.29, 1.82) is 5.26 Å². The lowest BCUT2D eigenvalue weighted by molar-refractivity contribution is 0.306. The number of rotatable bonds is 3. The molecular formula is C17H16N2O. The van der Waals surface area contributed by atoms with Crippen molar-refractivity contribution >= 4 is 0 Å². The van der Waals surface area contributed by atoms with Gasteiger partial charge in [-0.25, -0.2) is 0 Å². The average molecular weight is 264 g/mol. The van der Waals surface area contributed by atoms with Crippen LogP contribution in [0.3, 0.4) is 0 Å². The molecule has 100 valence electrons. The van der Waals surface area contributed by atoms with E-state index in [1.165, 1.54) is 11.1 Å². The van der Waals surface area contributed by atoms with Crippen molar-refractivity contribution in [2.45, 2.75) is 25.5 Å². The van der Waals surface area contributed by atoms with Crippen molar-refractivity contribution in [3.8, 4) is 11.8 Å². The number of ether oxygens (including phenoxy) is 1. The third kappa shape index (κ3) is 2.52. The zero-order valence-corrected chi connectivity index (χ0v) is 11.2. The number of hydrogen-bond donors (Lipinski definition) is 1. The number of aryl methyl sites for hydroxylation is 1. The van der Waals surface area contributed by atoms with Crippen LogP contribution in [-0.2, 0) is 13.0 Å². The van der Waals surface area contributed by atoms with Gasteiger partial charge in [-0.05, 0) is 53.8 Å². The van der Waals surface area contributed by atoms with E-state index in [-0.39, 0.29) is 6.04 Å². The highest BCUT2D eigenvalue weighted by molar-refractivity contribution is 5.40. The minimum atomic E-state index is 0.178. The van der Waals surface area contributed by atoms with Crippen LogP contribution in [0.2, 0.25) is 0 Å². The SMILES string of the molecule is N#Cc1ccc(COc2ccc3c(c2)CC[C@@H]3N)cc1. The number of hydrogen-bond acceptors (Lipinski definition) is 3. The standard InChI is InChI=1S/C17H16N2O/c18-10-12-1-3-13(4-2-12)11-20-15-6-7-16-14(9-15)5-8-17(16)19/h1-4,6-7,9,17H,5,8,11,19H2/t17-/m0/s1. The maximum absolute atomic E-state index is 8.76. The summed E-state index contributed by atoms with van der Waals surface area (Å²) in [6.45, 7) is 0.510. The van der Waals surface area contributed by atoms with E-state index in [2.05, 4.69) is 18.2 Å². The summed E-state index contributed by atoms with van der Waals surface area (Å²) in [6, 6.07) is 15.9. The quantitative estimate of drug-likeness (QED) is 0.926. The van der Waals surface area contributed by atoms with E-state index in [0.29, 0.717) is 12.2 Å². The fraction of sp³-hybridized carbons (Fsp3) is 0.235. The van der Waals surface area contributed by atoms with Crippen LogP contribution in [0.25, 0.3) is 0 Å². The first kappa shape index (κ1) is 12.7. The summed E-state index contributed by atoms with van der Waals surface area (Å²) in [5, 5.41) is 8.76. The summed E-state index contributed by atoms with van der Waals surface area (Å²) in [6.07, 6.45) is 2.05. The van der Waals surface area contributed by atoms with Gasteiger partial charge in [-0.2, -0.15) is 5.26 Å². The summed E-state index contributed by atoms with van der Waals surface area (Å²) >= 11 is 0. The van der Waals surface area contributed by atoms with Crippen LogP contribution < -0.4 is 10.5 Å². The Bertz CT molecular complexity index is 656. The highest BCUT2D eigenvalue weighted by atomic mass is 16.5. The minimum absolute atomic E-state index is 0.178. The van der Waals surface area contributed by atoms with Crippen LogP contribution in [0.5, 0.6) is 5.75 Å².